The van der Waals surface area contributed by atoms with Crippen molar-refractivity contribution in [2.24, 2.45) is 17.8 Å². The molecule has 0 unspecified atom stereocenters. The Bertz CT molecular complexity index is 1580. The predicted molar refractivity (Wildman–Crippen MR) is 166 cm³/mol. The summed E-state index contributed by atoms with van der Waals surface area (Å²) in [6.07, 6.45) is 8.37. The van der Waals surface area contributed by atoms with Crippen LogP contribution in [0.2, 0.25) is 0 Å². The number of aliphatic carboxylic acids is 1. The molecule has 1 aromatic carbocycles. The van der Waals surface area contributed by atoms with E-state index in [0.717, 1.165) is 30.3 Å². The van der Waals surface area contributed by atoms with Crippen LogP contribution in [0.5, 0.6) is 0 Å². The number of aromatic amines is 1. The fourth-order valence-electron chi connectivity index (χ4n) is 7.24. The van der Waals surface area contributed by atoms with Gasteiger partial charge in [0.1, 0.15) is 23.2 Å². The monoisotopic (exact) mass is 634 g/mol. The summed E-state index contributed by atoms with van der Waals surface area (Å²) >= 11 is 0. The van der Waals surface area contributed by atoms with Gasteiger partial charge in [0.15, 0.2) is 0 Å². The van der Waals surface area contributed by atoms with Crippen LogP contribution in [0.3, 0.4) is 0 Å². The molecule has 2 aromatic rings. The highest BCUT2D eigenvalue weighted by atomic mass is 16.6. The molecule has 4 amide bonds. The number of aromatic nitrogens is 2. The average molecular weight is 635 g/mol. The van der Waals surface area contributed by atoms with E-state index in [1.165, 1.54) is 4.90 Å². The van der Waals surface area contributed by atoms with Crippen molar-refractivity contribution >= 4 is 40.8 Å². The molecule has 1 aromatic heterocycles. The standard InChI is InChI=1S/C33H42N6O7/c1-32(2,3)46-31(45)36-24-10-8-6-4-5-7-9-21-14-33(21,30(43)44)37-27(40)26-22-17-38(15-20(22)16-39(26)29(24)42)28(41)19-11-12-23-25(13-19)35-18-34-23/h7,9,11-13,18,20-22,24,26H,4-6,8,10,14-17H2,1-3H3,(H,34,35)(H,36,45)(H,37,40)(H,43,44)/b9-7-/t20-,21-,22-,24+,26-,33+/m0/s1. The lowest BCUT2D eigenvalue weighted by Crippen LogP contribution is -2.58. The maximum absolute atomic E-state index is 14.2. The molecule has 13 heteroatoms. The van der Waals surface area contributed by atoms with Crippen LogP contribution < -0.4 is 10.6 Å². The normalized spacial score (nSPS) is 30.7. The van der Waals surface area contributed by atoms with Crippen molar-refractivity contribution in [3.05, 3.63) is 42.2 Å². The van der Waals surface area contributed by atoms with Crippen LogP contribution in [0.15, 0.2) is 36.7 Å². The van der Waals surface area contributed by atoms with Gasteiger partial charge in [0.05, 0.1) is 17.4 Å². The van der Waals surface area contributed by atoms with Crippen molar-refractivity contribution in [1.82, 2.24) is 30.4 Å². The minimum Gasteiger partial charge on any atom is -0.479 e. The van der Waals surface area contributed by atoms with Crippen LogP contribution >= 0.6 is 0 Å². The number of carbonyl (C=O) groups is 5. The van der Waals surface area contributed by atoms with E-state index < -0.39 is 53.0 Å². The fraction of sp³-hybridized carbons (Fsp3) is 0.576. The Hall–Kier alpha value is -4.42. The van der Waals surface area contributed by atoms with E-state index in [4.69, 9.17) is 4.74 Å². The number of H-pyrrole nitrogens is 1. The molecule has 4 heterocycles. The molecule has 6 atom stereocenters. The zero-order valence-electron chi connectivity index (χ0n) is 26.5. The second-order valence-corrected chi connectivity index (χ2v) is 14.0. The van der Waals surface area contributed by atoms with Gasteiger partial charge in [0.2, 0.25) is 11.8 Å². The third-order valence-electron chi connectivity index (χ3n) is 9.63. The van der Waals surface area contributed by atoms with Crippen LogP contribution in [0.1, 0.15) is 69.7 Å². The molecule has 6 rings (SSSR count). The Morgan fingerprint density at radius 1 is 1.11 bits per heavy atom. The van der Waals surface area contributed by atoms with Gasteiger partial charge in [-0.25, -0.2) is 14.6 Å². The molecular formula is C33H42N6O7. The SMILES string of the molecule is CC(C)(C)OC(=O)N[C@@H]1CCCCC/C=C\[C@H]2C[C@@]2(C(=O)O)NC(=O)[C@@H]2[C@H]3CN(C(=O)c4ccc5nc[nH]c5c4)C[C@H]3CN2C1=O. The van der Waals surface area contributed by atoms with Crippen LogP contribution in [-0.2, 0) is 19.1 Å². The summed E-state index contributed by atoms with van der Waals surface area (Å²) in [7, 11) is 0. The molecule has 246 valence electrons. The largest absolute Gasteiger partial charge is 0.479 e. The molecule has 0 spiro atoms. The lowest BCUT2D eigenvalue weighted by molar-refractivity contribution is -0.146. The summed E-state index contributed by atoms with van der Waals surface area (Å²) in [5.41, 5.74) is -0.251. The summed E-state index contributed by atoms with van der Waals surface area (Å²) in [6.45, 7) is 5.97. The first-order chi connectivity index (χ1) is 21.9. The number of carboxylic acid groups (broad SMARTS) is 1. The summed E-state index contributed by atoms with van der Waals surface area (Å²) in [5.74, 6) is -3.25. The van der Waals surface area contributed by atoms with E-state index in [0.29, 0.717) is 24.9 Å². The first-order valence-corrected chi connectivity index (χ1v) is 16.1. The average Bonchev–Trinajstić information content (AvgIpc) is 3.30. The van der Waals surface area contributed by atoms with Crippen molar-refractivity contribution in [2.75, 3.05) is 19.6 Å². The van der Waals surface area contributed by atoms with Crippen LogP contribution in [0.25, 0.3) is 11.0 Å². The maximum Gasteiger partial charge on any atom is 0.408 e. The minimum atomic E-state index is -1.44. The highest BCUT2D eigenvalue weighted by Gasteiger charge is 2.62. The number of nitrogens with zero attached hydrogens (tertiary/aromatic N) is 3. The van der Waals surface area contributed by atoms with Gasteiger partial charge in [-0.05, 0) is 64.7 Å². The van der Waals surface area contributed by atoms with Crippen LogP contribution in [-0.4, -0.2) is 97.5 Å². The number of ether oxygens (including phenoxy) is 1. The lowest BCUT2D eigenvalue weighted by atomic mass is 9.93. The predicted octanol–water partition coefficient (Wildman–Crippen LogP) is 2.84. The summed E-state index contributed by atoms with van der Waals surface area (Å²) < 4.78 is 5.46. The van der Waals surface area contributed by atoms with Gasteiger partial charge in [-0.3, -0.25) is 14.4 Å². The number of nitrogens with one attached hydrogen (secondary N) is 3. The van der Waals surface area contributed by atoms with Crippen molar-refractivity contribution in [3.8, 4) is 0 Å². The highest BCUT2D eigenvalue weighted by Crippen LogP contribution is 2.46. The second-order valence-electron chi connectivity index (χ2n) is 14.0. The number of hydrogen-bond donors (Lipinski definition) is 4. The van der Waals surface area contributed by atoms with Crippen molar-refractivity contribution in [3.63, 3.8) is 0 Å². The van der Waals surface area contributed by atoms with Gasteiger partial charge in [-0.15, -0.1) is 0 Å². The first-order valence-electron chi connectivity index (χ1n) is 16.1. The number of imidazole rings is 1. The van der Waals surface area contributed by atoms with Gasteiger partial charge in [-0.2, -0.15) is 0 Å². The molecule has 4 aliphatic rings. The zero-order chi connectivity index (χ0) is 32.8. The van der Waals surface area contributed by atoms with Crippen LogP contribution in [0.4, 0.5) is 4.79 Å². The smallest absolute Gasteiger partial charge is 0.408 e. The second kappa shape index (κ2) is 12.1. The number of carbonyl (C=O) groups excluding carboxylic acids is 4. The fourth-order valence-corrected chi connectivity index (χ4v) is 7.24. The third kappa shape index (κ3) is 6.19. The van der Waals surface area contributed by atoms with Crippen LogP contribution in [0, 0.1) is 17.8 Å². The molecule has 0 bridgehead atoms. The van der Waals surface area contributed by atoms with Gasteiger partial charge >= 0.3 is 12.1 Å². The number of hydrogen-bond acceptors (Lipinski definition) is 7. The number of fused-ring (bicyclic) bond motifs is 5. The number of benzene rings is 1. The molecular weight excluding hydrogens is 592 g/mol. The highest BCUT2D eigenvalue weighted by molar-refractivity contribution is 5.99. The molecule has 0 radical (unpaired) electrons. The van der Waals surface area contributed by atoms with E-state index >= 15 is 0 Å². The third-order valence-corrected chi connectivity index (χ3v) is 9.63. The molecule has 3 aliphatic heterocycles. The van der Waals surface area contributed by atoms with Crippen molar-refractivity contribution in [2.45, 2.75) is 82.5 Å². The Kier molecular flexibility index (Phi) is 8.28. The lowest BCUT2D eigenvalue weighted by Gasteiger charge is -2.33. The van der Waals surface area contributed by atoms with Gasteiger partial charge in [0.25, 0.3) is 5.91 Å². The number of amides is 4. The molecule has 2 saturated heterocycles. The van der Waals surface area contributed by atoms with Gasteiger partial charge in [0, 0.05) is 43.0 Å². The summed E-state index contributed by atoms with van der Waals surface area (Å²) in [5, 5.41) is 15.7. The molecule has 3 fully saturated rings. The molecule has 46 heavy (non-hydrogen) atoms. The van der Waals surface area contributed by atoms with Gasteiger partial charge in [-0.1, -0.05) is 25.0 Å². The number of carboxylic acids is 1. The van der Waals surface area contributed by atoms with E-state index in [1.807, 2.05) is 12.2 Å². The van der Waals surface area contributed by atoms with E-state index in [2.05, 4.69) is 20.6 Å². The quantitative estimate of drug-likeness (QED) is 0.373. The zero-order valence-corrected chi connectivity index (χ0v) is 26.5. The van der Waals surface area contributed by atoms with E-state index in [-0.39, 0.29) is 37.3 Å². The summed E-state index contributed by atoms with van der Waals surface area (Å²) in [4.78, 5) is 77.7. The summed E-state index contributed by atoms with van der Waals surface area (Å²) in [6, 6.07) is 3.30. The maximum atomic E-state index is 14.2. The van der Waals surface area contributed by atoms with E-state index in [9.17, 15) is 29.1 Å². The Morgan fingerprint density at radius 3 is 2.67 bits per heavy atom. The first kappa shape index (κ1) is 31.6. The molecule has 1 aliphatic carbocycles. The number of alkyl carbamates (subject to hydrolysis) is 1. The Balaban J connectivity index is 1.28. The molecule has 1 saturated carbocycles. The molecule has 13 nitrogen and oxygen atoms in total. The van der Waals surface area contributed by atoms with Gasteiger partial charge < -0.3 is 35.3 Å². The van der Waals surface area contributed by atoms with E-state index in [1.54, 1.807) is 50.2 Å². The Labute approximate surface area is 267 Å². The number of allylic oxidation sites excluding steroid dienone is 1. The molecule has 4 N–H and O–H groups in total. The van der Waals surface area contributed by atoms with Crippen molar-refractivity contribution < 1.29 is 33.8 Å². The topological polar surface area (TPSA) is 174 Å². The Morgan fingerprint density at radius 2 is 1.91 bits per heavy atom. The van der Waals surface area contributed by atoms with Crippen molar-refractivity contribution in [1.29, 1.82) is 0 Å². The minimum absolute atomic E-state index is 0.194. The number of rotatable bonds is 3. The number of likely N-dealkylation sites (tertiary alicyclic amines) is 1.